The summed E-state index contributed by atoms with van der Waals surface area (Å²) in [5.41, 5.74) is -0.953. The van der Waals surface area contributed by atoms with Gasteiger partial charge in [0.25, 0.3) is 0 Å². The molecular weight excluding hydrogens is 700 g/mol. The van der Waals surface area contributed by atoms with Crippen molar-refractivity contribution in [1.29, 1.82) is 0 Å². The molecule has 0 aromatic carbocycles. The third kappa shape index (κ3) is 47.4. The molecule has 21 nitrogen and oxygen atoms in total. The van der Waals surface area contributed by atoms with Crippen LogP contribution in [0.4, 0.5) is 0 Å². The highest BCUT2D eigenvalue weighted by molar-refractivity contribution is 5.82. The highest BCUT2D eigenvalue weighted by Gasteiger charge is 2.32. The third-order valence-electron chi connectivity index (χ3n) is 5.96. The van der Waals surface area contributed by atoms with Crippen molar-refractivity contribution in [3.63, 3.8) is 0 Å². The number of aliphatic hydroxyl groups excluding tert-OH is 4. The molecule has 21 heteroatoms. The number of carboxylic acid groups (broad SMARTS) is 3. The number of carboxylic acids is 3. The van der Waals surface area contributed by atoms with Crippen molar-refractivity contribution in [2.24, 2.45) is 5.41 Å². The van der Waals surface area contributed by atoms with Crippen LogP contribution < -0.4 is 36.6 Å². The topological polar surface area (TPSA) is 336 Å². The zero-order valence-electron chi connectivity index (χ0n) is 32.2. The number of amides is 1. The van der Waals surface area contributed by atoms with E-state index in [-0.39, 0.29) is 19.6 Å². The molecule has 0 saturated carbocycles. The summed E-state index contributed by atoms with van der Waals surface area (Å²) in [4.78, 5) is 40.5. The van der Waals surface area contributed by atoms with Gasteiger partial charge in [-0.2, -0.15) is 0 Å². The zero-order chi connectivity index (χ0) is 41.2. The van der Waals surface area contributed by atoms with Gasteiger partial charge in [-0.3, -0.25) is 4.79 Å². The predicted octanol–water partition coefficient (Wildman–Crippen LogP) is -10.6. The Labute approximate surface area is 307 Å². The largest absolute Gasteiger partial charge is 0.550 e. The van der Waals surface area contributed by atoms with E-state index in [1.165, 1.54) is 13.8 Å². The SMILES string of the molecule is CC(C)(CO)[C@@H](O)C(=O)NCCC(=O)[O-].COCC[NH2+]CCOC.COCC[NH2+]CCOC.COCC[NH2+]CCOC.O=C([O-])C(O)C(O)C(=O)[O-]. The molecule has 0 fully saturated rings. The summed E-state index contributed by atoms with van der Waals surface area (Å²) in [6.07, 6.45) is -6.56. The molecular formula is C31H68N4O17. The second-order valence-electron chi connectivity index (χ2n) is 11.0. The molecule has 0 aromatic rings. The number of ether oxygens (including phenoxy) is 6. The van der Waals surface area contributed by atoms with Gasteiger partial charge in [0.15, 0.2) is 0 Å². The Bertz CT molecular complexity index is 744. The van der Waals surface area contributed by atoms with Gasteiger partial charge in [0.2, 0.25) is 5.91 Å². The molecule has 314 valence electrons. The molecule has 11 N–H and O–H groups in total. The molecule has 0 rings (SSSR count). The van der Waals surface area contributed by atoms with Crippen molar-refractivity contribution in [3.8, 4) is 0 Å². The Morgan fingerprint density at radius 2 is 0.865 bits per heavy atom. The Morgan fingerprint density at radius 3 is 1.06 bits per heavy atom. The lowest BCUT2D eigenvalue weighted by Crippen LogP contribution is -2.86. The van der Waals surface area contributed by atoms with E-state index in [4.69, 9.17) is 43.7 Å². The molecule has 3 atom stereocenters. The van der Waals surface area contributed by atoms with E-state index < -0.39 is 47.5 Å². The van der Waals surface area contributed by atoms with Crippen LogP contribution in [-0.4, -0.2) is 197 Å². The van der Waals surface area contributed by atoms with Crippen LogP contribution in [0.3, 0.4) is 0 Å². The van der Waals surface area contributed by atoms with Crippen LogP contribution in [-0.2, 0) is 47.6 Å². The van der Waals surface area contributed by atoms with Gasteiger partial charge in [0.1, 0.15) is 18.3 Å². The van der Waals surface area contributed by atoms with Crippen LogP contribution >= 0.6 is 0 Å². The van der Waals surface area contributed by atoms with Gasteiger partial charge in [0.05, 0.1) is 97.5 Å². The minimum Gasteiger partial charge on any atom is -0.550 e. The molecule has 0 aliphatic rings. The molecule has 52 heavy (non-hydrogen) atoms. The maximum atomic E-state index is 11.2. The summed E-state index contributed by atoms with van der Waals surface area (Å²) < 4.78 is 29.1. The number of nitrogens with one attached hydrogen (secondary N) is 1. The zero-order valence-corrected chi connectivity index (χ0v) is 32.2. The average molecular weight is 769 g/mol. The lowest BCUT2D eigenvalue weighted by molar-refractivity contribution is -0.657. The molecule has 0 aromatic heterocycles. The van der Waals surface area contributed by atoms with Gasteiger partial charge in [0, 0.05) is 67.0 Å². The first-order valence-corrected chi connectivity index (χ1v) is 16.4. The van der Waals surface area contributed by atoms with Crippen molar-refractivity contribution in [2.75, 3.05) is 135 Å². The summed E-state index contributed by atoms with van der Waals surface area (Å²) in [6, 6.07) is 0. The van der Waals surface area contributed by atoms with Gasteiger partial charge < -0.3 is 99.8 Å². The quantitative estimate of drug-likeness (QED) is 0.0360. The number of carbonyl (C=O) groups excluding carboxylic acids is 4. The molecule has 0 heterocycles. The van der Waals surface area contributed by atoms with E-state index in [0.717, 1.165) is 78.9 Å². The first-order valence-electron chi connectivity index (χ1n) is 16.4. The number of hydrogen-bond donors (Lipinski definition) is 8. The third-order valence-corrected chi connectivity index (χ3v) is 5.96. The lowest BCUT2D eigenvalue weighted by atomic mass is 9.87. The standard InChI is InChI=1S/C9H17NO5.3C6H15NO2.C4H6O6/c1-9(2,5-11)7(14)8(15)10-4-3-6(12)13;3*1-8-5-3-7-4-6-9-2;5-1(3(7)8)2(6)4(9)10/h7,11,14H,3-5H2,1-2H3,(H,10,15)(H,12,13);3*7H,3-6H2,1-2H3;1-2,5-6H,(H,7,8)(H,9,10)/t7-;;;;/m0..../s1. The van der Waals surface area contributed by atoms with E-state index in [1.807, 2.05) is 0 Å². The Hall–Kier alpha value is -2.64. The van der Waals surface area contributed by atoms with Crippen molar-refractivity contribution in [2.45, 2.75) is 38.6 Å². The molecule has 0 spiro atoms. The van der Waals surface area contributed by atoms with Crippen molar-refractivity contribution in [3.05, 3.63) is 0 Å². The molecule has 2 unspecified atom stereocenters. The minimum atomic E-state index is -2.44. The fourth-order valence-corrected chi connectivity index (χ4v) is 2.72. The van der Waals surface area contributed by atoms with E-state index in [9.17, 15) is 39.6 Å². The normalized spacial score (nSPS) is 12.1. The van der Waals surface area contributed by atoms with E-state index in [1.54, 1.807) is 42.7 Å². The van der Waals surface area contributed by atoms with Crippen LogP contribution in [0.2, 0.25) is 0 Å². The first kappa shape index (κ1) is 58.7. The highest BCUT2D eigenvalue weighted by atomic mass is 16.5. The Kier molecular flexibility index (Phi) is 50.2. The van der Waals surface area contributed by atoms with Crippen LogP contribution in [0.25, 0.3) is 0 Å². The number of aliphatic carboxylic acids is 3. The highest BCUT2D eigenvalue weighted by Crippen LogP contribution is 2.19. The summed E-state index contributed by atoms with van der Waals surface area (Å²) in [7, 11) is 10.3. The summed E-state index contributed by atoms with van der Waals surface area (Å²) in [6.45, 7) is 13.7. The average Bonchev–Trinajstić information content (AvgIpc) is 3.11. The maximum Gasteiger partial charge on any atom is 0.249 e. The van der Waals surface area contributed by atoms with Crippen LogP contribution in [0, 0.1) is 5.41 Å². The van der Waals surface area contributed by atoms with Gasteiger partial charge in [-0.25, -0.2) is 0 Å². The first-order chi connectivity index (χ1) is 24.5. The van der Waals surface area contributed by atoms with Crippen molar-refractivity contribution in [1.82, 2.24) is 5.32 Å². The summed E-state index contributed by atoms with van der Waals surface area (Å²) in [5.74, 6) is -6.09. The van der Waals surface area contributed by atoms with E-state index in [2.05, 4.69) is 21.3 Å². The fourth-order valence-electron chi connectivity index (χ4n) is 2.72. The summed E-state index contributed by atoms with van der Waals surface area (Å²) >= 11 is 0. The smallest absolute Gasteiger partial charge is 0.249 e. The second kappa shape index (κ2) is 44.5. The summed E-state index contributed by atoms with van der Waals surface area (Å²) in [5, 5.41) is 72.9. The molecule has 0 radical (unpaired) electrons. The van der Waals surface area contributed by atoms with Gasteiger partial charge in [-0.1, -0.05) is 13.8 Å². The predicted molar refractivity (Wildman–Crippen MR) is 178 cm³/mol. The van der Waals surface area contributed by atoms with Gasteiger partial charge >= 0.3 is 0 Å². The van der Waals surface area contributed by atoms with Crippen molar-refractivity contribution >= 4 is 23.8 Å². The van der Waals surface area contributed by atoms with Crippen LogP contribution in [0.15, 0.2) is 0 Å². The Balaban J connectivity index is -0.000000180. The number of quaternary nitrogens is 3. The number of nitrogens with two attached hydrogens (primary N) is 3. The van der Waals surface area contributed by atoms with E-state index >= 15 is 0 Å². The molecule has 0 bridgehead atoms. The lowest BCUT2D eigenvalue weighted by Gasteiger charge is -2.27. The molecule has 0 aliphatic heterocycles. The molecule has 0 aliphatic carbocycles. The number of aliphatic hydroxyl groups is 4. The van der Waals surface area contributed by atoms with Crippen LogP contribution in [0.1, 0.15) is 20.3 Å². The number of carbonyl (C=O) groups is 4. The second-order valence-corrected chi connectivity index (χ2v) is 11.0. The number of methoxy groups -OCH3 is 6. The van der Waals surface area contributed by atoms with Crippen LogP contribution in [0.5, 0.6) is 0 Å². The van der Waals surface area contributed by atoms with Crippen molar-refractivity contribution < 1.29 is 99.3 Å². The number of hydrogen-bond acceptors (Lipinski definition) is 17. The minimum absolute atomic E-state index is 0.0975. The van der Waals surface area contributed by atoms with Gasteiger partial charge in [-0.15, -0.1) is 0 Å². The van der Waals surface area contributed by atoms with Gasteiger partial charge in [-0.05, 0) is 0 Å². The number of rotatable bonds is 27. The molecule has 1 amide bonds. The van der Waals surface area contributed by atoms with E-state index in [0.29, 0.717) is 0 Å². The fraction of sp³-hybridized carbons (Fsp3) is 0.871. The monoisotopic (exact) mass is 768 g/mol. The Morgan fingerprint density at radius 1 is 0.596 bits per heavy atom. The maximum absolute atomic E-state index is 11.2. The molecule has 0 saturated heterocycles.